The Labute approximate surface area is 109 Å². The molecule has 4 nitrogen and oxygen atoms in total. The van der Waals surface area contributed by atoms with E-state index in [0.717, 1.165) is 38.5 Å². The van der Waals surface area contributed by atoms with Crippen LogP contribution in [-0.2, 0) is 9.59 Å². The first-order chi connectivity index (χ1) is 8.54. The van der Waals surface area contributed by atoms with Crippen LogP contribution in [0.25, 0.3) is 0 Å². The lowest BCUT2D eigenvalue weighted by atomic mass is 9.80. The van der Waals surface area contributed by atoms with Crippen LogP contribution >= 0.6 is 0 Å². The summed E-state index contributed by atoms with van der Waals surface area (Å²) < 4.78 is 0. The van der Waals surface area contributed by atoms with Crippen molar-refractivity contribution in [3.8, 4) is 0 Å². The van der Waals surface area contributed by atoms with Crippen molar-refractivity contribution in [3.05, 3.63) is 0 Å². The number of carboxylic acid groups (broad SMARTS) is 1. The van der Waals surface area contributed by atoms with Gasteiger partial charge in [0.1, 0.15) is 5.54 Å². The Kier molecular flexibility index (Phi) is 5.63. The number of carboxylic acids is 1. The normalized spacial score (nSPS) is 18.3. The van der Waals surface area contributed by atoms with E-state index in [2.05, 4.69) is 6.92 Å². The molecule has 0 saturated heterocycles. The average molecular weight is 255 g/mol. The third-order valence-corrected chi connectivity index (χ3v) is 4.09. The van der Waals surface area contributed by atoms with Gasteiger partial charge in [0.25, 0.3) is 0 Å². The van der Waals surface area contributed by atoms with E-state index in [1.165, 1.54) is 4.90 Å². The highest BCUT2D eigenvalue weighted by Gasteiger charge is 2.45. The zero-order valence-electron chi connectivity index (χ0n) is 11.6. The standard InChI is InChI=1S/C14H25NO3/c1-3-4-6-9-12(16)15(2)14(13(17)18)10-7-5-8-11-14/h3-11H2,1-2H3,(H,17,18). The second-order valence-electron chi connectivity index (χ2n) is 5.31. The van der Waals surface area contributed by atoms with Crippen molar-refractivity contribution in [2.75, 3.05) is 7.05 Å². The van der Waals surface area contributed by atoms with Gasteiger partial charge in [-0.2, -0.15) is 0 Å². The number of hydrogen-bond donors (Lipinski definition) is 1. The maximum atomic E-state index is 12.1. The number of unbranched alkanes of at least 4 members (excludes halogenated alkanes) is 2. The fraction of sp³-hybridized carbons (Fsp3) is 0.857. The number of aliphatic carboxylic acids is 1. The van der Waals surface area contributed by atoms with Crippen molar-refractivity contribution in [1.29, 1.82) is 0 Å². The van der Waals surface area contributed by atoms with Crippen LogP contribution in [-0.4, -0.2) is 34.5 Å². The van der Waals surface area contributed by atoms with Crippen molar-refractivity contribution in [2.45, 2.75) is 70.3 Å². The van der Waals surface area contributed by atoms with Gasteiger partial charge in [-0.1, -0.05) is 39.0 Å². The molecular formula is C14H25NO3. The van der Waals surface area contributed by atoms with Crippen LogP contribution in [0, 0.1) is 0 Å². The zero-order chi connectivity index (χ0) is 13.6. The molecule has 0 aromatic heterocycles. The predicted octanol–water partition coefficient (Wildman–Crippen LogP) is 2.81. The summed E-state index contributed by atoms with van der Waals surface area (Å²) >= 11 is 0. The minimum absolute atomic E-state index is 0.0206. The van der Waals surface area contributed by atoms with Gasteiger partial charge in [0.05, 0.1) is 0 Å². The second kappa shape index (κ2) is 6.76. The topological polar surface area (TPSA) is 57.6 Å². The van der Waals surface area contributed by atoms with Crippen LogP contribution in [0.15, 0.2) is 0 Å². The van der Waals surface area contributed by atoms with E-state index >= 15 is 0 Å². The van der Waals surface area contributed by atoms with Crippen molar-refractivity contribution >= 4 is 11.9 Å². The number of carbonyl (C=O) groups excluding carboxylic acids is 1. The molecule has 4 heteroatoms. The molecular weight excluding hydrogens is 230 g/mol. The van der Waals surface area contributed by atoms with Crippen LogP contribution < -0.4 is 0 Å². The Morgan fingerprint density at radius 3 is 2.28 bits per heavy atom. The van der Waals surface area contributed by atoms with Gasteiger partial charge in [-0.3, -0.25) is 4.79 Å². The second-order valence-corrected chi connectivity index (χ2v) is 5.31. The largest absolute Gasteiger partial charge is 0.479 e. The van der Waals surface area contributed by atoms with Gasteiger partial charge in [0, 0.05) is 13.5 Å². The summed E-state index contributed by atoms with van der Waals surface area (Å²) in [6, 6.07) is 0. The highest BCUT2D eigenvalue weighted by atomic mass is 16.4. The van der Waals surface area contributed by atoms with E-state index in [4.69, 9.17) is 0 Å². The molecule has 1 rings (SSSR count). The first kappa shape index (κ1) is 15.0. The third kappa shape index (κ3) is 3.24. The number of likely N-dealkylation sites (N-methyl/N-ethyl adjacent to an activating group) is 1. The van der Waals surface area contributed by atoms with E-state index in [9.17, 15) is 14.7 Å². The molecule has 1 saturated carbocycles. The number of carbonyl (C=O) groups is 2. The van der Waals surface area contributed by atoms with Crippen LogP contribution in [0.3, 0.4) is 0 Å². The first-order valence-corrected chi connectivity index (χ1v) is 7.04. The van der Waals surface area contributed by atoms with E-state index in [0.29, 0.717) is 19.3 Å². The molecule has 1 aliphatic carbocycles. The van der Waals surface area contributed by atoms with Gasteiger partial charge < -0.3 is 10.0 Å². The minimum Gasteiger partial charge on any atom is -0.479 e. The SMILES string of the molecule is CCCCCC(=O)N(C)C1(C(=O)O)CCCCC1. The highest BCUT2D eigenvalue weighted by molar-refractivity contribution is 5.87. The average Bonchev–Trinajstić information content (AvgIpc) is 2.38. The molecule has 104 valence electrons. The summed E-state index contributed by atoms with van der Waals surface area (Å²) in [6.45, 7) is 2.09. The molecule has 0 bridgehead atoms. The summed E-state index contributed by atoms with van der Waals surface area (Å²) in [5.74, 6) is -0.860. The van der Waals surface area contributed by atoms with E-state index in [1.807, 2.05) is 0 Å². The number of hydrogen-bond acceptors (Lipinski definition) is 2. The van der Waals surface area contributed by atoms with Gasteiger partial charge in [-0.05, 0) is 19.3 Å². The molecule has 18 heavy (non-hydrogen) atoms. The Bertz CT molecular complexity index is 295. The van der Waals surface area contributed by atoms with Gasteiger partial charge >= 0.3 is 5.97 Å². The Hall–Kier alpha value is -1.06. The van der Waals surface area contributed by atoms with Crippen LogP contribution in [0.4, 0.5) is 0 Å². The minimum atomic E-state index is -0.943. The smallest absolute Gasteiger partial charge is 0.329 e. The van der Waals surface area contributed by atoms with Crippen LogP contribution in [0.1, 0.15) is 64.7 Å². The van der Waals surface area contributed by atoms with Crippen LogP contribution in [0.5, 0.6) is 0 Å². The fourth-order valence-electron chi connectivity index (χ4n) is 2.76. The number of rotatable bonds is 6. The van der Waals surface area contributed by atoms with E-state index in [-0.39, 0.29) is 5.91 Å². The maximum Gasteiger partial charge on any atom is 0.329 e. The van der Waals surface area contributed by atoms with Gasteiger partial charge in [0.2, 0.25) is 5.91 Å². The summed E-state index contributed by atoms with van der Waals surface area (Å²) in [7, 11) is 1.66. The first-order valence-electron chi connectivity index (χ1n) is 7.04. The molecule has 1 N–H and O–H groups in total. The van der Waals surface area contributed by atoms with Crippen molar-refractivity contribution in [1.82, 2.24) is 4.90 Å². The van der Waals surface area contributed by atoms with Gasteiger partial charge in [0.15, 0.2) is 0 Å². The lowest BCUT2D eigenvalue weighted by Gasteiger charge is -2.41. The number of nitrogens with zero attached hydrogens (tertiary/aromatic N) is 1. The number of amides is 1. The molecule has 0 spiro atoms. The maximum absolute atomic E-state index is 12.1. The molecule has 0 aromatic rings. The lowest BCUT2D eigenvalue weighted by Crippen LogP contribution is -2.56. The molecule has 0 unspecified atom stereocenters. The van der Waals surface area contributed by atoms with Crippen molar-refractivity contribution < 1.29 is 14.7 Å². The fourth-order valence-corrected chi connectivity index (χ4v) is 2.76. The van der Waals surface area contributed by atoms with Gasteiger partial charge in [-0.15, -0.1) is 0 Å². The Morgan fingerprint density at radius 1 is 1.17 bits per heavy atom. The molecule has 0 aromatic carbocycles. The monoisotopic (exact) mass is 255 g/mol. The van der Waals surface area contributed by atoms with E-state index in [1.54, 1.807) is 7.05 Å². The molecule has 0 aliphatic heterocycles. The van der Waals surface area contributed by atoms with E-state index < -0.39 is 11.5 Å². The van der Waals surface area contributed by atoms with Crippen molar-refractivity contribution in [2.24, 2.45) is 0 Å². The molecule has 1 aliphatic rings. The molecule has 1 fully saturated rings. The lowest BCUT2D eigenvalue weighted by molar-refractivity contribution is -0.160. The molecule has 1 amide bonds. The Balaban J connectivity index is 2.67. The predicted molar refractivity (Wildman–Crippen MR) is 70.4 cm³/mol. The summed E-state index contributed by atoms with van der Waals surface area (Å²) in [5.41, 5.74) is -0.943. The van der Waals surface area contributed by atoms with Crippen molar-refractivity contribution in [3.63, 3.8) is 0 Å². The zero-order valence-corrected chi connectivity index (χ0v) is 11.6. The summed E-state index contributed by atoms with van der Waals surface area (Å²) in [4.78, 5) is 25.2. The Morgan fingerprint density at radius 2 is 1.78 bits per heavy atom. The summed E-state index contributed by atoms with van der Waals surface area (Å²) in [5, 5.41) is 9.49. The summed E-state index contributed by atoms with van der Waals surface area (Å²) in [6.07, 6.45) is 7.50. The quantitative estimate of drug-likeness (QED) is 0.742. The molecule has 0 atom stereocenters. The van der Waals surface area contributed by atoms with Gasteiger partial charge in [-0.25, -0.2) is 4.79 Å². The molecule has 0 radical (unpaired) electrons. The molecule has 0 heterocycles. The third-order valence-electron chi connectivity index (χ3n) is 4.09. The highest BCUT2D eigenvalue weighted by Crippen LogP contribution is 2.33. The van der Waals surface area contributed by atoms with Crippen LogP contribution in [0.2, 0.25) is 0 Å².